The molecular weight excluding hydrogens is 398 g/mol. The summed E-state index contributed by atoms with van der Waals surface area (Å²) in [5.41, 5.74) is 11.6. The highest BCUT2D eigenvalue weighted by molar-refractivity contribution is 5.87. The Bertz CT molecular complexity index is 1120. The summed E-state index contributed by atoms with van der Waals surface area (Å²) in [6.07, 6.45) is 2.60. The number of amides is 1. The molecule has 0 radical (unpaired) electrons. The zero-order valence-corrected chi connectivity index (χ0v) is 19.4. The van der Waals surface area contributed by atoms with Crippen LogP contribution in [-0.2, 0) is 16.0 Å². The van der Waals surface area contributed by atoms with E-state index in [-0.39, 0.29) is 30.1 Å². The van der Waals surface area contributed by atoms with Crippen molar-refractivity contribution < 1.29 is 9.53 Å². The summed E-state index contributed by atoms with van der Waals surface area (Å²) in [5, 5.41) is 4.25. The van der Waals surface area contributed by atoms with Crippen LogP contribution in [0.1, 0.15) is 44.7 Å². The molecule has 0 saturated carbocycles. The fraction of sp³-hybridized carbons (Fsp3) is 0.407. The summed E-state index contributed by atoms with van der Waals surface area (Å²) < 4.78 is 5.78. The van der Waals surface area contributed by atoms with Crippen LogP contribution in [-0.4, -0.2) is 29.1 Å². The minimum atomic E-state index is -0.190. The van der Waals surface area contributed by atoms with Crippen LogP contribution in [0.2, 0.25) is 0 Å². The maximum atomic E-state index is 12.9. The van der Waals surface area contributed by atoms with Crippen LogP contribution in [0, 0.1) is 12.8 Å². The number of aromatic nitrogens is 1. The van der Waals surface area contributed by atoms with Crippen molar-refractivity contribution >= 4 is 22.6 Å². The number of fused-ring (bicyclic) bond motifs is 1. The molecule has 168 valence electrons. The molecule has 3 atom stereocenters. The quantitative estimate of drug-likeness (QED) is 0.593. The molecule has 32 heavy (non-hydrogen) atoms. The zero-order chi connectivity index (χ0) is 22.8. The van der Waals surface area contributed by atoms with E-state index in [1.54, 1.807) is 0 Å². The highest BCUT2D eigenvalue weighted by atomic mass is 16.5. The predicted octanol–water partition coefficient (Wildman–Crippen LogP) is 5.04. The average molecular weight is 432 g/mol. The predicted molar refractivity (Wildman–Crippen MR) is 130 cm³/mol. The fourth-order valence-corrected chi connectivity index (χ4v) is 4.75. The third kappa shape index (κ3) is 4.94. The normalized spacial score (nSPS) is 21.9. The van der Waals surface area contributed by atoms with E-state index in [0.717, 1.165) is 34.9 Å². The topological polar surface area (TPSA) is 77.2 Å². The molecule has 1 fully saturated rings. The number of hydrogen-bond acceptors (Lipinski definition) is 4. The molecule has 0 bridgehead atoms. The van der Waals surface area contributed by atoms with Gasteiger partial charge in [-0.3, -0.25) is 4.79 Å². The minimum Gasteiger partial charge on any atom is -0.383 e. The Morgan fingerprint density at radius 2 is 1.88 bits per heavy atom. The van der Waals surface area contributed by atoms with Gasteiger partial charge < -0.3 is 15.8 Å². The number of carbonyl (C=O) groups is 1. The Hall–Kier alpha value is -2.92. The molecule has 1 aromatic heterocycles. The lowest BCUT2D eigenvalue weighted by Crippen LogP contribution is -2.45. The number of pyridine rings is 1. The van der Waals surface area contributed by atoms with Gasteiger partial charge in [-0.2, -0.15) is 0 Å². The van der Waals surface area contributed by atoms with E-state index in [0.29, 0.717) is 12.2 Å². The van der Waals surface area contributed by atoms with Crippen LogP contribution >= 0.6 is 0 Å². The van der Waals surface area contributed by atoms with Gasteiger partial charge in [0.15, 0.2) is 0 Å². The van der Waals surface area contributed by atoms with Gasteiger partial charge in [-0.25, -0.2) is 4.98 Å². The second-order valence-electron chi connectivity index (χ2n) is 9.29. The highest BCUT2D eigenvalue weighted by Crippen LogP contribution is 2.29. The molecule has 5 heteroatoms. The number of nitrogens with zero attached hydrogens (tertiary/aromatic N) is 1. The van der Waals surface area contributed by atoms with E-state index in [2.05, 4.69) is 67.5 Å². The molecular formula is C27H33N3O2. The Labute approximate surface area is 190 Å². The molecule has 3 N–H and O–H groups in total. The summed E-state index contributed by atoms with van der Waals surface area (Å²) in [6.45, 7) is 8.19. The monoisotopic (exact) mass is 431 g/mol. The molecule has 0 aliphatic carbocycles. The Morgan fingerprint density at radius 1 is 1.16 bits per heavy atom. The van der Waals surface area contributed by atoms with Gasteiger partial charge in [0, 0.05) is 17.3 Å². The lowest BCUT2D eigenvalue weighted by atomic mass is 9.95. The number of nitrogens with one attached hydrogen (secondary N) is 1. The summed E-state index contributed by atoms with van der Waals surface area (Å²) in [5.74, 6) is 0.364. The lowest BCUT2D eigenvalue weighted by Gasteiger charge is -2.33. The Balaban J connectivity index is 1.52. The third-order valence-electron chi connectivity index (χ3n) is 6.40. The molecule has 2 aromatic carbocycles. The maximum absolute atomic E-state index is 12.9. The van der Waals surface area contributed by atoms with E-state index >= 15 is 0 Å². The van der Waals surface area contributed by atoms with E-state index in [4.69, 9.17) is 10.5 Å². The molecule has 1 saturated heterocycles. The molecule has 3 aromatic rings. The van der Waals surface area contributed by atoms with E-state index in [1.807, 2.05) is 19.1 Å². The number of anilines is 1. The number of nitrogen functional groups attached to an aromatic ring is 1. The van der Waals surface area contributed by atoms with E-state index < -0.39 is 0 Å². The second-order valence-corrected chi connectivity index (χ2v) is 9.29. The molecule has 0 spiro atoms. The minimum absolute atomic E-state index is 0.0597. The number of nitrogens with two attached hydrogens (primary N) is 1. The summed E-state index contributed by atoms with van der Waals surface area (Å²) in [6, 6.07) is 16.9. The largest absolute Gasteiger partial charge is 0.383 e. The number of rotatable bonds is 5. The van der Waals surface area contributed by atoms with Crippen LogP contribution in [0.4, 0.5) is 5.82 Å². The van der Waals surface area contributed by atoms with Crippen LogP contribution in [0.15, 0.2) is 48.5 Å². The smallest absolute Gasteiger partial charge is 0.223 e. The highest BCUT2D eigenvalue weighted by Gasteiger charge is 2.27. The Morgan fingerprint density at radius 3 is 2.59 bits per heavy atom. The van der Waals surface area contributed by atoms with E-state index in [1.165, 1.54) is 11.1 Å². The van der Waals surface area contributed by atoms with Gasteiger partial charge in [-0.15, -0.1) is 0 Å². The van der Waals surface area contributed by atoms with Crippen LogP contribution in [0.5, 0.6) is 0 Å². The van der Waals surface area contributed by atoms with Crippen molar-refractivity contribution in [3.63, 3.8) is 0 Å². The summed E-state index contributed by atoms with van der Waals surface area (Å²) in [7, 11) is 0. The van der Waals surface area contributed by atoms with Crippen LogP contribution in [0.25, 0.3) is 22.0 Å². The number of ether oxygens (including phenoxy) is 1. The maximum Gasteiger partial charge on any atom is 0.223 e. The van der Waals surface area contributed by atoms with Gasteiger partial charge >= 0.3 is 0 Å². The standard InChI is InChI=1S/C27H33N3O2/c1-16-7-5-6-8-24(16)20-9-10-25-21(14-20)15-22(26(28)30-25)11-17(2)27(31)29-23-12-18(3)32-19(4)13-23/h5-10,14-15,17-19,23H,11-13H2,1-4H3,(H2,28,30)(H,29,31)/t17-,18?,19?,23?/m1/s1. The van der Waals surface area contributed by atoms with Crippen molar-refractivity contribution in [1.82, 2.24) is 10.3 Å². The second kappa shape index (κ2) is 9.29. The average Bonchev–Trinajstić information content (AvgIpc) is 2.73. The molecule has 1 aliphatic rings. The first-order valence-electron chi connectivity index (χ1n) is 11.5. The molecule has 2 unspecified atom stereocenters. The van der Waals surface area contributed by atoms with Gasteiger partial charge in [0.1, 0.15) is 5.82 Å². The number of aryl methyl sites for hydroxylation is 1. The lowest BCUT2D eigenvalue weighted by molar-refractivity contribution is -0.126. The summed E-state index contributed by atoms with van der Waals surface area (Å²) in [4.78, 5) is 17.5. The van der Waals surface area contributed by atoms with Crippen molar-refractivity contribution in [2.75, 3.05) is 5.73 Å². The number of carbonyl (C=O) groups excluding carboxylic acids is 1. The molecule has 2 heterocycles. The van der Waals surface area contributed by atoms with Crippen molar-refractivity contribution in [1.29, 1.82) is 0 Å². The van der Waals surface area contributed by atoms with E-state index in [9.17, 15) is 4.79 Å². The van der Waals surface area contributed by atoms with Gasteiger partial charge in [0.25, 0.3) is 0 Å². The van der Waals surface area contributed by atoms with Gasteiger partial charge in [-0.05, 0) is 80.5 Å². The van der Waals surface area contributed by atoms with Crippen molar-refractivity contribution in [3.05, 3.63) is 59.7 Å². The SMILES string of the molecule is Cc1ccccc1-c1ccc2nc(N)c(C[C@@H](C)C(=O)NC3CC(C)OC(C)C3)cc2c1. The third-order valence-corrected chi connectivity index (χ3v) is 6.40. The van der Waals surface area contributed by atoms with Crippen LogP contribution in [0.3, 0.4) is 0 Å². The van der Waals surface area contributed by atoms with Gasteiger partial charge in [0.2, 0.25) is 5.91 Å². The first kappa shape index (κ1) is 22.3. The fourth-order valence-electron chi connectivity index (χ4n) is 4.75. The molecule has 5 nitrogen and oxygen atoms in total. The van der Waals surface area contributed by atoms with Crippen molar-refractivity contribution in [2.24, 2.45) is 5.92 Å². The number of hydrogen-bond donors (Lipinski definition) is 2. The first-order valence-corrected chi connectivity index (χ1v) is 11.5. The Kier molecular flexibility index (Phi) is 6.47. The zero-order valence-electron chi connectivity index (χ0n) is 19.4. The number of benzene rings is 2. The van der Waals surface area contributed by atoms with Crippen molar-refractivity contribution in [3.8, 4) is 11.1 Å². The molecule has 4 rings (SSSR count). The van der Waals surface area contributed by atoms with Gasteiger partial charge in [-0.1, -0.05) is 37.3 Å². The van der Waals surface area contributed by atoms with Crippen molar-refractivity contribution in [2.45, 2.75) is 65.2 Å². The molecule has 1 aliphatic heterocycles. The molecule has 1 amide bonds. The van der Waals surface area contributed by atoms with Crippen LogP contribution < -0.4 is 11.1 Å². The first-order chi connectivity index (χ1) is 15.3. The summed E-state index contributed by atoms with van der Waals surface area (Å²) >= 11 is 0. The van der Waals surface area contributed by atoms with Gasteiger partial charge in [0.05, 0.1) is 17.7 Å².